The summed E-state index contributed by atoms with van der Waals surface area (Å²) in [5.74, 6) is 0. The van der Waals surface area contributed by atoms with Gasteiger partial charge in [0.1, 0.15) is 0 Å². The highest BCUT2D eigenvalue weighted by molar-refractivity contribution is 9.11. The maximum Gasteiger partial charge on any atom is 0.0731 e. The fourth-order valence-electron chi connectivity index (χ4n) is 2.13. The fourth-order valence-corrected chi connectivity index (χ4v) is 3.81. The molecule has 1 aromatic heterocycles. The van der Waals surface area contributed by atoms with Gasteiger partial charge in [-0.25, -0.2) is 0 Å². The van der Waals surface area contributed by atoms with Crippen molar-refractivity contribution in [2.24, 2.45) is 0 Å². The Morgan fingerprint density at radius 1 is 1.42 bits per heavy atom. The second kappa shape index (κ2) is 9.73. The Morgan fingerprint density at radius 2 is 2.21 bits per heavy atom. The van der Waals surface area contributed by atoms with Gasteiger partial charge >= 0.3 is 0 Å². The van der Waals surface area contributed by atoms with Crippen LogP contribution >= 0.6 is 27.3 Å². The van der Waals surface area contributed by atoms with E-state index in [2.05, 4.69) is 47.7 Å². The van der Waals surface area contributed by atoms with Gasteiger partial charge in [-0.3, -0.25) is 0 Å². The van der Waals surface area contributed by atoms with E-state index >= 15 is 0 Å². The Labute approximate surface area is 130 Å². The summed E-state index contributed by atoms with van der Waals surface area (Å²) >= 11 is 5.51. The van der Waals surface area contributed by atoms with Crippen LogP contribution in [-0.2, 0) is 0 Å². The third-order valence-corrected chi connectivity index (χ3v) is 5.51. The molecule has 0 radical (unpaired) electrons. The number of hydrogen-bond acceptors (Lipinski definition) is 2. The van der Waals surface area contributed by atoms with Crippen molar-refractivity contribution in [1.82, 2.24) is 5.32 Å². The van der Waals surface area contributed by atoms with E-state index in [1.165, 1.54) is 46.3 Å². The smallest absolute Gasteiger partial charge is 0.0731 e. The van der Waals surface area contributed by atoms with Crippen molar-refractivity contribution >= 4 is 27.3 Å². The summed E-state index contributed by atoms with van der Waals surface area (Å²) < 4.78 is 1.28. The van der Waals surface area contributed by atoms with Gasteiger partial charge in [0.05, 0.1) is 3.79 Å². The van der Waals surface area contributed by atoms with E-state index in [0.717, 1.165) is 13.0 Å². The van der Waals surface area contributed by atoms with Crippen molar-refractivity contribution in [2.45, 2.75) is 58.4 Å². The second-order valence-electron chi connectivity index (χ2n) is 5.04. The molecule has 0 aliphatic rings. The highest BCUT2D eigenvalue weighted by Gasteiger charge is 2.14. The molecule has 1 heterocycles. The van der Waals surface area contributed by atoms with Gasteiger partial charge in [-0.05, 0) is 66.7 Å². The van der Waals surface area contributed by atoms with Crippen molar-refractivity contribution in [3.8, 4) is 0 Å². The molecule has 0 saturated carbocycles. The largest absolute Gasteiger partial charge is 0.309 e. The summed E-state index contributed by atoms with van der Waals surface area (Å²) in [6, 6.07) is 2.85. The quantitative estimate of drug-likeness (QED) is 0.406. The summed E-state index contributed by atoms with van der Waals surface area (Å²) in [4.78, 5) is 1.47. The van der Waals surface area contributed by atoms with E-state index < -0.39 is 0 Å². The summed E-state index contributed by atoms with van der Waals surface area (Å²) in [5.41, 5.74) is 1.36. The number of thiophene rings is 1. The first kappa shape index (κ1) is 16.9. The summed E-state index contributed by atoms with van der Waals surface area (Å²) in [6.45, 7) is 9.28. The predicted octanol–water partition coefficient (Wildman–Crippen LogP) is 6.00. The van der Waals surface area contributed by atoms with E-state index in [1.807, 2.05) is 17.4 Å². The van der Waals surface area contributed by atoms with E-state index in [1.54, 1.807) is 0 Å². The molecule has 1 unspecified atom stereocenters. The number of aryl methyl sites for hydroxylation is 1. The maximum atomic E-state index is 3.78. The molecule has 0 amide bonds. The van der Waals surface area contributed by atoms with Crippen molar-refractivity contribution in [2.75, 3.05) is 6.54 Å². The molecule has 1 atom stereocenters. The molecule has 0 aliphatic heterocycles. The number of hydrogen-bond donors (Lipinski definition) is 1. The van der Waals surface area contributed by atoms with Crippen molar-refractivity contribution in [3.05, 3.63) is 32.9 Å². The number of rotatable bonds is 10. The lowest BCUT2D eigenvalue weighted by Crippen LogP contribution is -2.21. The summed E-state index contributed by atoms with van der Waals surface area (Å²) in [6.07, 6.45) is 9.48. The van der Waals surface area contributed by atoms with Gasteiger partial charge in [-0.1, -0.05) is 25.8 Å². The Hall–Kier alpha value is -0.120. The van der Waals surface area contributed by atoms with Crippen LogP contribution in [0.2, 0.25) is 0 Å². The Morgan fingerprint density at radius 3 is 2.79 bits per heavy atom. The van der Waals surface area contributed by atoms with Crippen LogP contribution in [0.5, 0.6) is 0 Å². The molecule has 3 heteroatoms. The molecule has 1 rings (SSSR count). The van der Waals surface area contributed by atoms with Crippen LogP contribution in [0.3, 0.4) is 0 Å². The first-order valence-electron chi connectivity index (χ1n) is 7.29. The van der Waals surface area contributed by atoms with Crippen LogP contribution in [0.1, 0.15) is 61.9 Å². The van der Waals surface area contributed by atoms with E-state index in [4.69, 9.17) is 0 Å². The molecule has 0 spiro atoms. The van der Waals surface area contributed by atoms with E-state index in [9.17, 15) is 0 Å². The van der Waals surface area contributed by atoms with Crippen LogP contribution in [0.15, 0.2) is 22.5 Å². The maximum absolute atomic E-state index is 3.78. The minimum atomic E-state index is 0.527. The third-order valence-electron chi connectivity index (χ3n) is 3.26. The average molecular weight is 344 g/mol. The standard InChI is InChI=1S/C16H26BrNS/c1-4-6-7-8-9-10-14(18-11-5-2)15-12-13(3)16(17)19-15/h4,12,14,18H,1,5-11H2,2-3H3. The molecule has 0 fully saturated rings. The Balaban J connectivity index is 2.48. The molecule has 108 valence electrons. The molecule has 0 aromatic carbocycles. The summed E-state index contributed by atoms with van der Waals surface area (Å²) in [7, 11) is 0. The van der Waals surface area contributed by atoms with Gasteiger partial charge < -0.3 is 5.32 Å². The van der Waals surface area contributed by atoms with Gasteiger partial charge in [-0.2, -0.15) is 0 Å². The number of halogens is 1. The first-order valence-corrected chi connectivity index (χ1v) is 8.90. The van der Waals surface area contributed by atoms with Crippen molar-refractivity contribution in [3.63, 3.8) is 0 Å². The van der Waals surface area contributed by atoms with Gasteiger partial charge in [0, 0.05) is 10.9 Å². The molecule has 1 aromatic rings. The van der Waals surface area contributed by atoms with Crippen LogP contribution < -0.4 is 5.32 Å². The third kappa shape index (κ3) is 6.24. The minimum Gasteiger partial charge on any atom is -0.309 e. The Bertz CT molecular complexity index is 353. The highest BCUT2D eigenvalue weighted by Crippen LogP contribution is 2.33. The van der Waals surface area contributed by atoms with Crippen LogP contribution in [0.25, 0.3) is 0 Å². The van der Waals surface area contributed by atoms with Gasteiger partial charge in [0.25, 0.3) is 0 Å². The first-order chi connectivity index (χ1) is 9.19. The monoisotopic (exact) mass is 343 g/mol. The number of nitrogens with one attached hydrogen (secondary N) is 1. The zero-order chi connectivity index (χ0) is 14.1. The molecule has 19 heavy (non-hydrogen) atoms. The lowest BCUT2D eigenvalue weighted by molar-refractivity contribution is 0.478. The molecule has 0 bridgehead atoms. The zero-order valence-corrected chi connectivity index (χ0v) is 14.6. The zero-order valence-electron chi connectivity index (χ0n) is 12.2. The molecule has 0 aliphatic carbocycles. The van der Waals surface area contributed by atoms with Crippen LogP contribution in [-0.4, -0.2) is 6.54 Å². The second-order valence-corrected chi connectivity index (χ2v) is 7.44. The SMILES string of the molecule is C=CCCCCCC(NCCC)c1cc(C)c(Br)s1. The molecule has 1 N–H and O–H groups in total. The highest BCUT2D eigenvalue weighted by atomic mass is 79.9. The topological polar surface area (TPSA) is 12.0 Å². The minimum absolute atomic E-state index is 0.527. The number of unbranched alkanes of at least 4 members (excludes halogenated alkanes) is 3. The predicted molar refractivity (Wildman–Crippen MR) is 91.1 cm³/mol. The van der Waals surface area contributed by atoms with Crippen molar-refractivity contribution in [1.29, 1.82) is 0 Å². The lowest BCUT2D eigenvalue weighted by atomic mass is 10.1. The van der Waals surface area contributed by atoms with Gasteiger partial charge in [0.15, 0.2) is 0 Å². The fraction of sp³-hybridized carbons (Fsp3) is 0.625. The van der Waals surface area contributed by atoms with Crippen molar-refractivity contribution < 1.29 is 0 Å². The van der Waals surface area contributed by atoms with Gasteiger partial charge in [-0.15, -0.1) is 17.9 Å². The molecular formula is C16H26BrNS. The lowest BCUT2D eigenvalue weighted by Gasteiger charge is -2.17. The van der Waals surface area contributed by atoms with E-state index in [-0.39, 0.29) is 0 Å². The number of allylic oxidation sites excluding steroid dienone is 1. The van der Waals surface area contributed by atoms with Crippen LogP contribution in [0, 0.1) is 6.92 Å². The Kier molecular flexibility index (Phi) is 8.67. The van der Waals surface area contributed by atoms with Crippen LogP contribution in [0.4, 0.5) is 0 Å². The molecule has 0 saturated heterocycles. The normalized spacial score (nSPS) is 12.6. The van der Waals surface area contributed by atoms with E-state index in [0.29, 0.717) is 6.04 Å². The average Bonchev–Trinajstić information content (AvgIpc) is 2.73. The summed E-state index contributed by atoms with van der Waals surface area (Å²) in [5, 5.41) is 3.69. The molecular weight excluding hydrogens is 318 g/mol. The van der Waals surface area contributed by atoms with Gasteiger partial charge in [0.2, 0.25) is 0 Å². The molecule has 1 nitrogen and oxygen atoms in total.